The van der Waals surface area contributed by atoms with E-state index in [2.05, 4.69) is 41.5 Å². The molecule has 0 aromatic rings. The maximum Gasteiger partial charge on any atom is 0.140 e. The van der Waals surface area contributed by atoms with Gasteiger partial charge in [0.15, 0.2) is 0 Å². The van der Waals surface area contributed by atoms with Crippen LogP contribution in [0.2, 0.25) is 19.0 Å². The van der Waals surface area contributed by atoms with Crippen molar-refractivity contribution in [2.75, 3.05) is 0 Å². The number of rotatable bonds is 15. The minimum absolute atomic E-state index is 0.932. The molecular weight excluding hydrogens is 263 g/mol. The van der Waals surface area contributed by atoms with Gasteiger partial charge < -0.3 is 0 Å². The van der Waals surface area contributed by atoms with Gasteiger partial charge in [-0.25, -0.2) is 0 Å². The highest BCUT2D eigenvalue weighted by molar-refractivity contribution is 6.59. The first-order chi connectivity index (χ1) is 10.5. The molecule has 0 fully saturated rings. The van der Waals surface area contributed by atoms with Crippen molar-refractivity contribution < 1.29 is 0 Å². The minimum atomic E-state index is 0.932. The van der Waals surface area contributed by atoms with Gasteiger partial charge in [-0.2, -0.15) is 0 Å². The SMILES string of the molecule is CCCCC(C)CB(CC(C)CCCC)CC(C)CCCC. The summed E-state index contributed by atoms with van der Waals surface area (Å²) in [6.07, 6.45) is 17.1. The third kappa shape index (κ3) is 12.6. The average molecular weight is 308 g/mol. The summed E-state index contributed by atoms with van der Waals surface area (Å²) >= 11 is 0. The molecule has 0 bridgehead atoms. The Morgan fingerprint density at radius 3 is 1.05 bits per heavy atom. The predicted molar refractivity (Wildman–Crippen MR) is 106 cm³/mol. The zero-order chi connectivity index (χ0) is 16.8. The second-order valence-electron chi connectivity index (χ2n) is 8.32. The Morgan fingerprint density at radius 2 is 0.818 bits per heavy atom. The molecule has 22 heavy (non-hydrogen) atoms. The van der Waals surface area contributed by atoms with Crippen LogP contribution in [0.1, 0.15) is 99.3 Å². The summed E-state index contributed by atoms with van der Waals surface area (Å²) in [7, 11) is 0. The molecule has 0 aromatic heterocycles. The molecule has 0 radical (unpaired) electrons. The zero-order valence-electron chi connectivity index (χ0n) is 16.8. The Kier molecular flexibility index (Phi) is 14.7. The fourth-order valence-corrected chi connectivity index (χ4v) is 4.01. The number of hydrogen-bond acceptors (Lipinski definition) is 0. The van der Waals surface area contributed by atoms with E-state index in [0.717, 1.165) is 24.5 Å². The molecule has 0 rings (SSSR count). The molecule has 0 nitrogen and oxygen atoms in total. The van der Waals surface area contributed by atoms with Crippen molar-refractivity contribution in [1.82, 2.24) is 0 Å². The van der Waals surface area contributed by atoms with Gasteiger partial charge in [0.05, 0.1) is 0 Å². The van der Waals surface area contributed by atoms with Crippen LogP contribution in [0.4, 0.5) is 0 Å². The van der Waals surface area contributed by atoms with Crippen LogP contribution in [0.5, 0.6) is 0 Å². The highest BCUT2D eigenvalue weighted by atomic mass is 14.1. The Labute approximate surface area is 143 Å². The smallest absolute Gasteiger partial charge is 0.0715 e. The lowest BCUT2D eigenvalue weighted by molar-refractivity contribution is 0.508. The Morgan fingerprint density at radius 1 is 0.545 bits per heavy atom. The van der Waals surface area contributed by atoms with Crippen LogP contribution in [-0.2, 0) is 0 Å². The van der Waals surface area contributed by atoms with Gasteiger partial charge in [0, 0.05) is 0 Å². The maximum atomic E-state index is 2.50. The number of hydrogen-bond donors (Lipinski definition) is 0. The molecule has 0 spiro atoms. The molecule has 3 atom stereocenters. The summed E-state index contributed by atoms with van der Waals surface area (Å²) in [5, 5.41) is 0. The van der Waals surface area contributed by atoms with Gasteiger partial charge in [-0.15, -0.1) is 0 Å². The minimum Gasteiger partial charge on any atom is -0.0715 e. The highest BCUT2D eigenvalue weighted by Crippen LogP contribution is 2.27. The molecule has 0 N–H and O–H groups in total. The molecule has 0 aliphatic carbocycles. The van der Waals surface area contributed by atoms with Crippen LogP contribution in [0.25, 0.3) is 0 Å². The average Bonchev–Trinajstić information content (AvgIpc) is 2.48. The van der Waals surface area contributed by atoms with Crippen molar-refractivity contribution in [2.45, 2.75) is 118 Å². The van der Waals surface area contributed by atoms with Crippen LogP contribution in [-0.4, -0.2) is 6.71 Å². The van der Waals surface area contributed by atoms with Gasteiger partial charge in [0.1, 0.15) is 6.71 Å². The lowest BCUT2D eigenvalue weighted by Gasteiger charge is -2.24. The summed E-state index contributed by atoms with van der Waals surface area (Å²) in [4.78, 5) is 0. The molecular formula is C21H45B. The molecule has 0 amide bonds. The van der Waals surface area contributed by atoms with Gasteiger partial charge in [-0.3, -0.25) is 0 Å². The molecule has 0 aromatic carbocycles. The Hall–Kier alpha value is 0.0649. The quantitative estimate of drug-likeness (QED) is 0.269. The van der Waals surface area contributed by atoms with Crippen molar-refractivity contribution in [2.24, 2.45) is 17.8 Å². The molecule has 132 valence electrons. The molecule has 0 aliphatic heterocycles. The second-order valence-corrected chi connectivity index (χ2v) is 8.32. The topological polar surface area (TPSA) is 0 Å². The molecule has 0 heterocycles. The molecule has 1 heteroatoms. The summed E-state index contributed by atoms with van der Waals surface area (Å²) < 4.78 is 0. The fraction of sp³-hybridized carbons (Fsp3) is 1.00. The monoisotopic (exact) mass is 308 g/mol. The third-order valence-corrected chi connectivity index (χ3v) is 5.36. The van der Waals surface area contributed by atoms with E-state index >= 15 is 0 Å². The highest BCUT2D eigenvalue weighted by Gasteiger charge is 2.22. The Balaban J connectivity index is 4.34. The summed E-state index contributed by atoms with van der Waals surface area (Å²) in [5.41, 5.74) is 0. The summed E-state index contributed by atoms with van der Waals surface area (Å²) in [6, 6.07) is 0. The molecule has 3 unspecified atom stereocenters. The molecule has 0 saturated heterocycles. The molecule has 0 aliphatic rings. The van der Waals surface area contributed by atoms with Crippen molar-refractivity contribution in [3.05, 3.63) is 0 Å². The van der Waals surface area contributed by atoms with Gasteiger partial charge in [-0.1, -0.05) is 136 Å². The van der Waals surface area contributed by atoms with Crippen LogP contribution in [0.3, 0.4) is 0 Å². The fourth-order valence-electron chi connectivity index (χ4n) is 4.01. The van der Waals surface area contributed by atoms with Gasteiger partial charge in [0.2, 0.25) is 0 Å². The van der Waals surface area contributed by atoms with E-state index in [1.165, 1.54) is 76.7 Å². The van der Waals surface area contributed by atoms with Crippen molar-refractivity contribution in [3.63, 3.8) is 0 Å². The maximum absolute atomic E-state index is 2.50. The van der Waals surface area contributed by atoms with Crippen molar-refractivity contribution in [1.29, 1.82) is 0 Å². The van der Waals surface area contributed by atoms with E-state index in [-0.39, 0.29) is 0 Å². The first kappa shape index (κ1) is 22.1. The Bertz CT molecular complexity index is 188. The van der Waals surface area contributed by atoms with E-state index in [4.69, 9.17) is 0 Å². The zero-order valence-corrected chi connectivity index (χ0v) is 16.8. The molecule has 0 saturated carbocycles. The van der Waals surface area contributed by atoms with E-state index in [9.17, 15) is 0 Å². The summed E-state index contributed by atoms with van der Waals surface area (Å²) in [5.74, 6) is 2.80. The summed E-state index contributed by atoms with van der Waals surface area (Å²) in [6.45, 7) is 15.4. The predicted octanol–water partition coefficient (Wildman–Crippen LogP) is 7.96. The van der Waals surface area contributed by atoms with E-state index < -0.39 is 0 Å². The lowest BCUT2D eigenvalue weighted by Crippen LogP contribution is -2.22. The van der Waals surface area contributed by atoms with Crippen LogP contribution in [0.15, 0.2) is 0 Å². The van der Waals surface area contributed by atoms with Crippen LogP contribution in [0, 0.1) is 17.8 Å². The second kappa shape index (κ2) is 14.6. The van der Waals surface area contributed by atoms with Crippen LogP contribution < -0.4 is 0 Å². The van der Waals surface area contributed by atoms with Crippen molar-refractivity contribution >= 4 is 6.71 Å². The largest absolute Gasteiger partial charge is 0.140 e. The van der Waals surface area contributed by atoms with E-state index in [1.54, 1.807) is 0 Å². The number of unbranched alkanes of at least 4 members (excludes halogenated alkanes) is 3. The standard InChI is InChI=1S/C21H45B/c1-7-10-13-19(4)16-22(17-20(5)14-11-8-2)18-21(6)15-12-9-3/h19-21H,7-18H2,1-6H3. The van der Waals surface area contributed by atoms with Gasteiger partial charge in [-0.05, 0) is 0 Å². The third-order valence-electron chi connectivity index (χ3n) is 5.36. The lowest BCUT2D eigenvalue weighted by atomic mass is 9.37. The van der Waals surface area contributed by atoms with E-state index in [0.29, 0.717) is 0 Å². The van der Waals surface area contributed by atoms with Gasteiger partial charge >= 0.3 is 0 Å². The first-order valence-corrected chi connectivity index (χ1v) is 10.5. The van der Waals surface area contributed by atoms with Crippen LogP contribution >= 0.6 is 0 Å². The first-order valence-electron chi connectivity index (χ1n) is 10.5. The van der Waals surface area contributed by atoms with Crippen molar-refractivity contribution in [3.8, 4) is 0 Å². The van der Waals surface area contributed by atoms with E-state index in [1.807, 2.05) is 0 Å². The normalized spacial score (nSPS) is 15.5. The van der Waals surface area contributed by atoms with Gasteiger partial charge in [0.25, 0.3) is 0 Å².